The molecular formula is C20H23N5OS. The predicted molar refractivity (Wildman–Crippen MR) is 110 cm³/mol. The monoisotopic (exact) mass is 381 g/mol. The molecule has 3 aromatic rings. The Hall–Kier alpha value is -2.64. The molecule has 0 fully saturated rings. The van der Waals surface area contributed by atoms with E-state index in [2.05, 4.69) is 52.5 Å². The number of carbonyl (C=O) groups is 1. The summed E-state index contributed by atoms with van der Waals surface area (Å²) in [7, 11) is 0. The number of rotatable bonds is 7. The number of nitrogens with zero attached hydrogens (tertiary/aromatic N) is 2. The van der Waals surface area contributed by atoms with E-state index in [4.69, 9.17) is 5.73 Å². The van der Waals surface area contributed by atoms with Gasteiger partial charge in [0.05, 0.1) is 6.54 Å². The second-order valence-electron chi connectivity index (χ2n) is 6.28. The molecule has 0 atom stereocenters. The molecule has 0 aliphatic carbocycles. The Morgan fingerprint density at radius 3 is 2.59 bits per heavy atom. The van der Waals surface area contributed by atoms with Crippen molar-refractivity contribution >= 4 is 23.4 Å². The third-order valence-corrected chi connectivity index (χ3v) is 5.22. The molecule has 3 rings (SSSR count). The fraction of sp³-hybridized carbons (Fsp3) is 0.250. The first kappa shape index (κ1) is 19.1. The number of nitrogens with two attached hydrogens (primary N) is 1. The van der Waals surface area contributed by atoms with Gasteiger partial charge in [0.25, 0.3) is 0 Å². The van der Waals surface area contributed by atoms with Crippen molar-refractivity contribution in [2.75, 3.05) is 11.1 Å². The van der Waals surface area contributed by atoms with Gasteiger partial charge in [-0.2, -0.15) is 5.10 Å². The Morgan fingerprint density at radius 2 is 1.93 bits per heavy atom. The Kier molecular flexibility index (Phi) is 6.26. The molecule has 0 radical (unpaired) electrons. The number of aromatic amines is 1. The van der Waals surface area contributed by atoms with Gasteiger partial charge in [0.2, 0.25) is 5.91 Å². The zero-order valence-corrected chi connectivity index (χ0v) is 16.3. The number of H-pyrrole nitrogens is 1. The molecule has 0 bridgehead atoms. The standard InChI is InChI=1S/C20H23N5OS/c1-13-3-8-17(11-14(13)2)27-10-9-19(26)22-16-6-4-15(5-7-16)20-23-18(12-21)24-25-20/h3-8,11H,9-10,12,21H2,1-2H3,(H,22,26)(H,23,24,25). The van der Waals surface area contributed by atoms with Crippen molar-refractivity contribution < 1.29 is 4.79 Å². The van der Waals surface area contributed by atoms with E-state index < -0.39 is 0 Å². The number of amides is 1. The molecule has 1 amide bonds. The molecule has 7 heteroatoms. The van der Waals surface area contributed by atoms with Gasteiger partial charge < -0.3 is 11.1 Å². The van der Waals surface area contributed by atoms with Crippen LogP contribution in [0.1, 0.15) is 23.4 Å². The summed E-state index contributed by atoms with van der Waals surface area (Å²) in [6.45, 7) is 4.52. The average molecular weight is 382 g/mol. The van der Waals surface area contributed by atoms with E-state index in [1.807, 2.05) is 24.3 Å². The molecule has 0 saturated carbocycles. The third kappa shape index (κ3) is 5.18. The van der Waals surface area contributed by atoms with Crippen molar-refractivity contribution in [2.24, 2.45) is 5.73 Å². The number of aryl methyl sites for hydroxylation is 2. The number of anilines is 1. The zero-order valence-electron chi connectivity index (χ0n) is 15.5. The number of nitrogens with one attached hydrogen (secondary N) is 2. The molecule has 6 nitrogen and oxygen atoms in total. The van der Waals surface area contributed by atoms with E-state index in [-0.39, 0.29) is 5.91 Å². The molecular weight excluding hydrogens is 358 g/mol. The van der Waals surface area contributed by atoms with E-state index in [9.17, 15) is 4.79 Å². The van der Waals surface area contributed by atoms with Crippen LogP contribution in [0.2, 0.25) is 0 Å². The van der Waals surface area contributed by atoms with Gasteiger partial charge in [0.15, 0.2) is 5.82 Å². The van der Waals surface area contributed by atoms with E-state index >= 15 is 0 Å². The van der Waals surface area contributed by atoms with Crippen LogP contribution in [0.15, 0.2) is 47.4 Å². The lowest BCUT2D eigenvalue weighted by Crippen LogP contribution is -2.12. The highest BCUT2D eigenvalue weighted by molar-refractivity contribution is 7.99. The van der Waals surface area contributed by atoms with Crippen LogP contribution < -0.4 is 11.1 Å². The lowest BCUT2D eigenvalue weighted by Gasteiger charge is -2.07. The number of carbonyl (C=O) groups excluding carboxylic acids is 1. The lowest BCUT2D eigenvalue weighted by atomic mass is 10.1. The van der Waals surface area contributed by atoms with Crippen LogP contribution >= 0.6 is 11.8 Å². The summed E-state index contributed by atoms with van der Waals surface area (Å²) in [6, 6.07) is 13.8. The Bertz CT molecular complexity index is 920. The summed E-state index contributed by atoms with van der Waals surface area (Å²) in [5, 5.41) is 9.83. The van der Waals surface area contributed by atoms with Gasteiger partial charge in [0.1, 0.15) is 5.82 Å². The van der Waals surface area contributed by atoms with Crippen LogP contribution in [-0.4, -0.2) is 26.8 Å². The number of thioether (sulfide) groups is 1. The van der Waals surface area contributed by atoms with Crippen LogP contribution in [0, 0.1) is 13.8 Å². The normalized spacial score (nSPS) is 10.8. The van der Waals surface area contributed by atoms with Crippen molar-refractivity contribution in [3.8, 4) is 11.4 Å². The second kappa shape index (κ2) is 8.83. The summed E-state index contributed by atoms with van der Waals surface area (Å²) >= 11 is 1.70. The summed E-state index contributed by atoms with van der Waals surface area (Å²) in [5.41, 5.74) is 9.71. The molecule has 27 heavy (non-hydrogen) atoms. The van der Waals surface area contributed by atoms with Crippen molar-refractivity contribution in [3.63, 3.8) is 0 Å². The summed E-state index contributed by atoms with van der Waals surface area (Å²) < 4.78 is 0. The Morgan fingerprint density at radius 1 is 1.15 bits per heavy atom. The molecule has 0 spiro atoms. The van der Waals surface area contributed by atoms with Crippen LogP contribution in [0.4, 0.5) is 5.69 Å². The minimum atomic E-state index is 0.00222. The van der Waals surface area contributed by atoms with Gasteiger partial charge in [-0.05, 0) is 61.4 Å². The van der Waals surface area contributed by atoms with Gasteiger partial charge >= 0.3 is 0 Å². The van der Waals surface area contributed by atoms with E-state index in [1.54, 1.807) is 11.8 Å². The number of benzene rings is 2. The molecule has 0 saturated heterocycles. The van der Waals surface area contributed by atoms with Gasteiger partial charge in [-0.25, -0.2) is 4.98 Å². The summed E-state index contributed by atoms with van der Waals surface area (Å²) in [4.78, 5) is 17.6. The number of hydrogen-bond acceptors (Lipinski definition) is 5. The molecule has 140 valence electrons. The molecule has 2 aromatic carbocycles. The molecule has 0 unspecified atom stereocenters. The topological polar surface area (TPSA) is 96.7 Å². The van der Waals surface area contributed by atoms with E-state index in [0.717, 1.165) is 17.0 Å². The maximum absolute atomic E-state index is 12.2. The van der Waals surface area contributed by atoms with Crippen LogP contribution in [0.3, 0.4) is 0 Å². The van der Waals surface area contributed by atoms with Crippen molar-refractivity contribution in [1.29, 1.82) is 0 Å². The largest absolute Gasteiger partial charge is 0.326 e. The van der Waals surface area contributed by atoms with Crippen LogP contribution in [0.25, 0.3) is 11.4 Å². The first-order chi connectivity index (χ1) is 13.0. The first-order valence-corrected chi connectivity index (χ1v) is 9.75. The Labute approximate surface area is 163 Å². The molecule has 0 aliphatic heterocycles. The molecule has 0 aliphatic rings. The van der Waals surface area contributed by atoms with E-state index in [0.29, 0.717) is 24.6 Å². The van der Waals surface area contributed by atoms with Crippen LogP contribution in [-0.2, 0) is 11.3 Å². The number of hydrogen-bond donors (Lipinski definition) is 3. The van der Waals surface area contributed by atoms with Gasteiger partial charge in [-0.3, -0.25) is 9.89 Å². The minimum absolute atomic E-state index is 0.00222. The van der Waals surface area contributed by atoms with Gasteiger partial charge in [0, 0.05) is 28.3 Å². The molecule has 1 aromatic heterocycles. The highest BCUT2D eigenvalue weighted by atomic mass is 32.2. The zero-order chi connectivity index (χ0) is 19.2. The third-order valence-electron chi connectivity index (χ3n) is 4.23. The maximum atomic E-state index is 12.2. The summed E-state index contributed by atoms with van der Waals surface area (Å²) in [6.07, 6.45) is 0.458. The van der Waals surface area contributed by atoms with Gasteiger partial charge in [-0.15, -0.1) is 11.8 Å². The fourth-order valence-corrected chi connectivity index (χ4v) is 3.45. The molecule has 1 heterocycles. The molecule has 4 N–H and O–H groups in total. The van der Waals surface area contributed by atoms with Crippen molar-refractivity contribution in [1.82, 2.24) is 15.2 Å². The highest BCUT2D eigenvalue weighted by Crippen LogP contribution is 2.22. The quantitative estimate of drug-likeness (QED) is 0.543. The smallest absolute Gasteiger partial charge is 0.225 e. The second-order valence-corrected chi connectivity index (χ2v) is 7.45. The van der Waals surface area contributed by atoms with Crippen LogP contribution in [0.5, 0.6) is 0 Å². The van der Waals surface area contributed by atoms with Crippen molar-refractivity contribution in [3.05, 3.63) is 59.4 Å². The Balaban J connectivity index is 1.49. The fourth-order valence-electron chi connectivity index (χ4n) is 2.51. The van der Waals surface area contributed by atoms with Crippen molar-refractivity contribution in [2.45, 2.75) is 31.7 Å². The minimum Gasteiger partial charge on any atom is -0.326 e. The first-order valence-electron chi connectivity index (χ1n) is 8.77. The SMILES string of the molecule is Cc1ccc(SCCC(=O)Nc2ccc(-c3n[nH]c(CN)n3)cc2)cc1C. The average Bonchev–Trinajstić information content (AvgIpc) is 3.14. The maximum Gasteiger partial charge on any atom is 0.225 e. The van der Waals surface area contributed by atoms with Gasteiger partial charge in [-0.1, -0.05) is 6.07 Å². The number of aromatic nitrogens is 3. The lowest BCUT2D eigenvalue weighted by molar-refractivity contribution is -0.115. The predicted octanol–water partition coefficient (Wildman–Crippen LogP) is 3.67. The summed E-state index contributed by atoms with van der Waals surface area (Å²) in [5.74, 6) is 1.98. The van der Waals surface area contributed by atoms with E-state index in [1.165, 1.54) is 16.0 Å². The highest BCUT2D eigenvalue weighted by Gasteiger charge is 2.07.